The molecule has 0 atom stereocenters. The average Bonchev–Trinajstić information content (AvgIpc) is 3.41. The maximum absolute atomic E-state index is 9.26. The normalized spacial score (nSPS) is 13.7. The first-order valence-electron chi connectivity index (χ1n) is 8.44. The monoisotopic (exact) mass is 452 g/mol. The molecule has 3 rings (SSSR count). The molecule has 1 aliphatic rings. The van der Waals surface area contributed by atoms with Gasteiger partial charge in [0.2, 0.25) is 0 Å². The van der Waals surface area contributed by atoms with Crippen LogP contribution in [0.25, 0.3) is 12.2 Å². The number of thiophene rings is 2. The lowest BCUT2D eigenvalue weighted by Gasteiger charge is -2.13. The number of nitriles is 2. The molecule has 0 saturated heterocycles. The molecule has 3 nitrogen and oxygen atoms in total. The first-order chi connectivity index (χ1) is 14.1. The predicted molar refractivity (Wildman–Crippen MR) is 126 cm³/mol. The van der Waals surface area contributed by atoms with Gasteiger partial charge in [-0.3, -0.25) is 0 Å². The van der Waals surface area contributed by atoms with Crippen LogP contribution in [-0.2, 0) is 4.74 Å². The highest BCUT2D eigenvalue weighted by Gasteiger charge is 2.12. The van der Waals surface area contributed by atoms with Crippen molar-refractivity contribution < 1.29 is 4.74 Å². The van der Waals surface area contributed by atoms with E-state index in [4.69, 9.17) is 4.74 Å². The van der Waals surface area contributed by atoms with Crippen LogP contribution in [0.5, 0.6) is 0 Å². The lowest BCUT2D eigenvalue weighted by molar-refractivity contribution is 0.332. The summed E-state index contributed by atoms with van der Waals surface area (Å²) in [6.45, 7) is 0. The zero-order chi connectivity index (χ0) is 20.6. The molecule has 7 heteroatoms. The van der Waals surface area contributed by atoms with Crippen LogP contribution >= 0.6 is 46.2 Å². The molecule has 0 aliphatic carbocycles. The first-order valence-corrected chi connectivity index (χ1v) is 12.5. The Balaban J connectivity index is 1.87. The van der Waals surface area contributed by atoms with Gasteiger partial charge in [-0.15, -0.1) is 46.2 Å². The zero-order valence-corrected chi connectivity index (χ0v) is 19.0. The topological polar surface area (TPSA) is 56.8 Å². The van der Waals surface area contributed by atoms with E-state index < -0.39 is 0 Å². The quantitative estimate of drug-likeness (QED) is 0.345. The highest BCUT2D eigenvalue weighted by atomic mass is 32.2. The van der Waals surface area contributed by atoms with Crippen LogP contribution in [0.2, 0.25) is 0 Å². The van der Waals surface area contributed by atoms with E-state index in [1.807, 2.05) is 49.0 Å². The van der Waals surface area contributed by atoms with Crippen molar-refractivity contribution in [2.45, 2.75) is 8.42 Å². The number of hydrogen-bond acceptors (Lipinski definition) is 7. The molecule has 2 aromatic heterocycles. The van der Waals surface area contributed by atoms with Gasteiger partial charge in [0.15, 0.2) is 0 Å². The second kappa shape index (κ2) is 10.4. The third-order valence-electron chi connectivity index (χ3n) is 3.77. The van der Waals surface area contributed by atoms with Gasteiger partial charge < -0.3 is 4.74 Å². The molecular weight excluding hydrogens is 437 g/mol. The summed E-state index contributed by atoms with van der Waals surface area (Å²) in [5, 5.41) is 18.5. The highest BCUT2D eigenvalue weighted by molar-refractivity contribution is 8.00. The van der Waals surface area contributed by atoms with Gasteiger partial charge in [0, 0.05) is 15.3 Å². The van der Waals surface area contributed by atoms with E-state index in [1.54, 1.807) is 58.3 Å². The average molecular weight is 453 g/mol. The van der Waals surface area contributed by atoms with Gasteiger partial charge >= 0.3 is 0 Å². The molecule has 2 aromatic rings. The van der Waals surface area contributed by atoms with Crippen LogP contribution < -0.4 is 0 Å². The van der Waals surface area contributed by atoms with E-state index in [-0.39, 0.29) is 5.57 Å². The molecular formula is C22H16N2OS4. The summed E-state index contributed by atoms with van der Waals surface area (Å²) >= 11 is 6.82. The zero-order valence-electron chi connectivity index (χ0n) is 15.7. The molecule has 0 saturated carbocycles. The lowest BCUT2D eigenvalue weighted by atomic mass is 10.1. The number of rotatable bonds is 6. The third-order valence-corrected chi connectivity index (χ3v) is 8.04. The van der Waals surface area contributed by atoms with Crippen molar-refractivity contribution in [3.63, 3.8) is 0 Å². The molecule has 0 unspecified atom stereocenters. The summed E-state index contributed by atoms with van der Waals surface area (Å²) in [4.78, 5) is 2.22. The maximum atomic E-state index is 9.26. The van der Waals surface area contributed by atoms with Gasteiger partial charge in [0.1, 0.15) is 29.2 Å². The summed E-state index contributed by atoms with van der Waals surface area (Å²) < 4.78 is 8.44. The number of allylic oxidation sites excluding steroid dienone is 6. The van der Waals surface area contributed by atoms with E-state index in [9.17, 15) is 10.5 Å². The van der Waals surface area contributed by atoms with Gasteiger partial charge in [0.05, 0.1) is 8.42 Å². The summed E-state index contributed by atoms with van der Waals surface area (Å²) in [6.07, 6.45) is 15.2. The van der Waals surface area contributed by atoms with Crippen LogP contribution in [-0.4, -0.2) is 12.5 Å². The molecule has 0 radical (unpaired) electrons. The van der Waals surface area contributed by atoms with Crippen molar-refractivity contribution >= 4 is 58.3 Å². The molecule has 1 aliphatic heterocycles. The fourth-order valence-electron chi connectivity index (χ4n) is 2.40. The van der Waals surface area contributed by atoms with Gasteiger partial charge in [-0.05, 0) is 73.2 Å². The summed E-state index contributed by atoms with van der Waals surface area (Å²) in [5.74, 6) is 1.17. The Morgan fingerprint density at radius 3 is 1.69 bits per heavy atom. The van der Waals surface area contributed by atoms with Gasteiger partial charge in [-0.1, -0.05) is 0 Å². The minimum absolute atomic E-state index is 0.0617. The Labute approximate surface area is 187 Å². The molecule has 0 spiro atoms. The van der Waals surface area contributed by atoms with Crippen molar-refractivity contribution in [3.05, 3.63) is 81.0 Å². The fraction of sp³-hybridized carbons (Fsp3) is 0.0909. The molecule has 29 heavy (non-hydrogen) atoms. The molecule has 0 fully saturated rings. The van der Waals surface area contributed by atoms with E-state index in [0.717, 1.165) is 9.75 Å². The van der Waals surface area contributed by atoms with Crippen molar-refractivity contribution in [2.24, 2.45) is 0 Å². The van der Waals surface area contributed by atoms with Gasteiger partial charge in [-0.2, -0.15) is 10.5 Å². The summed E-state index contributed by atoms with van der Waals surface area (Å²) in [7, 11) is 0. The van der Waals surface area contributed by atoms with Crippen LogP contribution in [0.4, 0.5) is 0 Å². The van der Waals surface area contributed by atoms with Crippen molar-refractivity contribution in [1.29, 1.82) is 10.5 Å². The fourth-order valence-corrected chi connectivity index (χ4v) is 5.34. The minimum atomic E-state index is 0.0617. The Bertz CT molecular complexity index is 1040. The van der Waals surface area contributed by atoms with Crippen LogP contribution in [0.1, 0.15) is 9.75 Å². The number of thioether (sulfide) groups is 2. The van der Waals surface area contributed by atoms with Crippen LogP contribution in [0, 0.1) is 22.7 Å². The number of hydrogen-bond donors (Lipinski definition) is 0. The van der Waals surface area contributed by atoms with E-state index in [1.165, 1.54) is 8.42 Å². The second-order valence-corrected chi connectivity index (χ2v) is 10.1. The Morgan fingerprint density at radius 1 is 0.828 bits per heavy atom. The molecule has 0 aromatic carbocycles. The molecule has 3 heterocycles. The van der Waals surface area contributed by atoms with Crippen molar-refractivity contribution in [2.75, 3.05) is 12.5 Å². The molecule has 0 amide bonds. The Kier molecular flexibility index (Phi) is 7.62. The van der Waals surface area contributed by atoms with Gasteiger partial charge in [0.25, 0.3) is 0 Å². The smallest absolute Gasteiger partial charge is 0.137 e. The maximum Gasteiger partial charge on any atom is 0.137 e. The standard InChI is InChI=1S/C22H16N2OS4/c1-26-21-9-7-19(28-21)5-3-17-11-15(16(13-23)14-24)12-18(25-17)4-6-20-8-10-22(27-2)29-20/h3-12H,1-2H3/b5-3+,6-4+. The molecule has 144 valence electrons. The molecule has 0 N–H and O–H groups in total. The largest absolute Gasteiger partial charge is 0.457 e. The van der Waals surface area contributed by atoms with Gasteiger partial charge in [-0.25, -0.2) is 0 Å². The summed E-state index contributed by atoms with van der Waals surface area (Å²) in [6, 6.07) is 12.2. The van der Waals surface area contributed by atoms with Crippen molar-refractivity contribution in [1.82, 2.24) is 0 Å². The van der Waals surface area contributed by atoms with E-state index in [0.29, 0.717) is 17.1 Å². The SMILES string of the molecule is CSc1ccc(/C=C/C2=CC(=C(C#N)C#N)C=C(/C=C/c3ccc(SC)s3)O2)s1. The second-order valence-electron chi connectivity index (χ2n) is 5.64. The summed E-state index contributed by atoms with van der Waals surface area (Å²) in [5.41, 5.74) is 0.610. The number of ether oxygens (including phenoxy) is 1. The third kappa shape index (κ3) is 5.79. The van der Waals surface area contributed by atoms with Crippen LogP contribution in [0.3, 0.4) is 0 Å². The first kappa shape index (κ1) is 21.3. The van der Waals surface area contributed by atoms with Crippen LogP contribution in [0.15, 0.2) is 79.7 Å². The van der Waals surface area contributed by atoms with E-state index in [2.05, 4.69) is 24.3 Å². The predicted octanol–water partition coefficient (Wildman–Crippen LogP) is 7.12. The molecule has 0 bridgehead atoms. The lowest BCUT2D eigenvalue weighted by Crippen LogP contribution is -1.98. The number of nitrogens with zero attached hydrogens (tertiary/aromatic N) is 2. The minimum Gasteiger partial charge on any atom is -0.457 e. The Hall–Kier alpha value is -2.42. The highest BCUT2D eigenvalue weighted by Crippen LogP contribution is 2.29. The van der Waals surface area contributed by atoms with Crippen molar-refractivity contribution in [3.8, 4) is 12.1 Å². The van der Waals surface area contributed by atoms with E-state index >= 15 is 0 Å². The Morgan fingerprint density at radius 2 is 1.31 bits per heavy atom.